The second-order valence-electron chi connectivity index (χ2n) is 3.20. The zero-order valence-electron chi connectivity index (χ0n) is 8.00. The Bertz CT molecular complexity index is 462. The highest BCUT2D eigenvalue weighted by Gasteiger charge is 2.08. The van der Waals surface area contributed by atoms with Crippen molar-refractivity contribution in [1.29, 1.82) is 0 Å². The van der Waals surface area contributed by atoms with Crippen LogP contribution in [0.25, 0.3) is 11.1 Å². The Morgan fingerprint density at radius 3 is 2.57 bits per heavy atom. The van der Waals surface area contributed by atoms with Crippen LogP contribution in [0.15, 0.2) is 23.1 Å². The first-order valence-electron chi connectivity index (χ1n) is 4.30. The van der Waals surface area contributed by atoms with Crippen molar-refractivity contribution in [2.75, 3.05) is 0 Å². The van der Waals surface area contributed by atoms with Crippen LogP contribution in [0, 0.1) is 13.8 Å². The minimum Gasteiger partial charge on any atom is -0.282 e. The molecule has 0 aliphatic carbocycles. The molecule has 0 spiro atoms. The summed E-state index contributed by atoms with van der Waals surface area (Å²) in [7, 11) is 0. The van der Waals surface area contributed by atoms with E-state index in [4.69, 9.17) is 0 Å². The summed E-state index contributed by atoms with van der Waals surface area (Å²) >= 11 is 3.46. The van der Waals surface area contributed by atoms with Crippen molar-refractivity contribution in [3.8, 4) is 11.1 Å². The lowest BCUT2D eigenvalue weighted by Gasteiger charge is -2.05. The van der Waals surface area contributed by atoms with Gasteiger partial charge in [0.2, 0.25) is 0 Å². The highest BCUT2D eigenvalue weighted by Crippen LogP contribution is 2.28. The molecule has 0 saturated carbocycles. The zero-order valence-corrected chi connectivity index (χ0v) is 9.59. The number of aromatic nitrogens is 3. The van der Waals surface area contributed by atoms with E-state index in [-0.39, 0.29) is 0 Å². The fourth-order valence-electron chi connectivity index (χ4n) is 1.39. The molecule has 14 heavy (non-hydrogen) atoms. The third kappa shape index (κ3) is 1.46. The molecule has 0 amide bonds. The smallest absolute Gasteiger partial charge is 0.0569 e. The molecule has 0 unspecified atom stereocenters. The van der Waals surface area contributed by atoms with Crippen LogP contribution in [0.4, 0.5) is 0 Å². The monoisotopic (exact) mass is 251 g/mol. The number of pyridine rings is 1. The van der Waals surface area contributed by atoms with Crippen LogP contribution in [0.1, 0.15) is 11.3 Å². The lowest BCUT2D eigenvalue weighted by atomic mass is 10.0. The first kappa shape index (κ1) is 9.40. The molecule has 0 fully saturated rings. The van der Waals surface area contributed by atoms with Crippen LogP contribution in [0.3, 0.4) is 0 Å². The normalized spacial score (nSPS) is 10.5. The first-order valence-corrected chi connectivity index (χ1v) is 5.10. The van der Waals surface area contributed by atoms with Gasteiger partial charge in [-0.2, -0.15) is 5.10 Å². The number of nitrogens with zero attached hydrogens (tertiary/aromatic N) is 2. The van der Waals surface area contributed by atoms with Crippen LogP contribution >= 0.6 is 15.9 Å². The summed E-state index contributed by atoms with van der Waals surface area (Å²) in [6.45, 7) is 4.07. The van der Waals surface area contributed by atoms with Crippen molar-refractivity contribution in [1.82, 2.24) is 15.2 Å². The molecule has 1 N–H and O–H groups in total. The van der Waals surface area contributed by atoms with Crippen molar-refractivity contribution in [2.45, 2.75) is 13.8 Å². The predicted molar refractivity (Wildman–Crippen MR) is 59.0 cm³/mol. The Morgan fingerprint density at radius 1 is 1.14 bits per heavy atom. The molecule has 0 aromatic carbocycles. The summed E-state index contributed by atoms with van der Waals surface area (Å²) in [5, 5.41) is 6.92. The van der Waals surface area contributed by atoms with Crippen molar-refractivity contribution in [2.24, 2.45) is 0 Å². The van der Waals surface area contributed by atoms with E-state index in [2.05, 4.69) is 38.0 Å². The SMILES string of the molecule is Cc1[nH]ncc1-c1cncc(Br)c1C. The lowest BCUT2D eigenvalue weighted by Crippen LogP contribution is -1.87. The third-order valence-corrected chi connectivity index (χ3v) is 3.07. The average molecular weight is 252 g/mol. The van der Waals surface area contributed by atoms with Crippen LogP contribution in [0.5, 0.6) is 0 Å². The molecule has 0 saturated heterocycles. The Labute approximate surface area is 90.7 Å². The molecule has 0 aliphatic rings. The number of halogens is 1. The number of H-pyrrole nitrogens is 1. The minimum absolute atomic E-state index is 1.02. The highest BCUT2D eigenvalue weighted by atomic mass is 79.9. The highest BCUT2D eigenvalue weighted by molar-refractivity contribution is 9.10. The van der Waals surface area contributed by atoms with Gasteiger partial charge in [0.25, 0.3) is 0 Å². The van der Waals surface area contributed by atoms with Gasteiger partial charge in [-0.1, -0.05) is 0 Å². The van der Waals surface area contributed by atoms with Crippen LogP contribution < -0.4 is 0 Å². The van der Waals surface area contributed by atoms with E-state index in [1.165, 1.54) is 5.56 Å². The maximum atomic E-state index is 4.15. The minimum atomic E-state index is 1.02. The fraction of sp³-hybridized carbons (Fsp3) is 0.200. The molecule has 2 heterocycles. The van der Waals surface area contributed by atoms with Gasteiger partial charge in [-0.15, -0.1) is 0 Å². The summed E-state index contributed by atoms with van der Waals surface area (Å²) in [4.78, 5) is 4.15. The van der Waals surface area contributed by atoms with E-state index in [0.717, 1.165) is 21.3 Å². The van der Waals surface area contributed by atoms with Crippen molar-refractivity contribution < 1.29 is 0 Å². The molecule has 2 rings (SSSR count). The van der Waals surface area contributed by atoms with Crippen molar-refractivity contribution >= 4 is 15.9 Å². The van der Waals surface area contributed by atoms with Gasteiger partial charge >= 0.3 is 0 Å². The van der Waals surface area contributed by atoms with Crippen LogP contribution in [-0.2, 0) is 0 Å². The Hall–Kier alpha value is -1.16. The second kappa shape index (κ2) is 3.53. The number of nitrogens with one attached hydrogen (secondary N) is 1. The molecular formula is C10H10BrN3. The lowest BCUT2D eigenvalue weighted by molar-refractivity contribution is 1.05. The number of rotatable bonds is 1. The summed E-state index contributed by atoms with van der Waals surface area (Å²) < 4.78 is 1.02. The van der Waals surface area contributed by atoms with E-state index in [9.17, 15) is 0 Å². The van der Waals surface area contributed by atoms with E-state index in [1.807, 2.05) is 19.3 Å². The molecule has 4 heteroatoms. The average Bonchev–Trinajstić information content (AvgIpc) is 2.57. The maximum absolute atomic E-state index is 4.15. The molecule has 0 radical (unpaired) electrons. The van der Waals surface area contributed by atoms with Gasteiger partial charge in [0.05, 0.1) is 6.20 Å². The topological polar surface area (TPSA) is 41.6 Å². The quantitative estimate of drug-likeness (QED) is 0.847. The Morgan fingerprint density at radius 2 is 1.93 bits per heavy atom. The second-order valence-corrected chi connectivity index (χ2v) is 4.06. The maximum Gasteiger partial charge on any atom is 0.0569 e. The molecule has 2 aromatic heterocycles. The fourth-order valence-corrected chi connectivity index (χ4v) is 1.73. The summed E-state index contributed by atoms with van der Waals surface area (Å²) in [6, 6.07) is 0. The van der Waals surface area contributed by atoms with Gasteiger partial charge in [-0.3, -0.25) is 10.1 Å². The Kier molecular flexibility index (Phi) is 2.37. The predicted octanol–water partition coefficient (Wildman–Crippen LogP) is 2.85. The van der Waals surface area contributed by atoms with Crippen LogP contribution in [0.2, 0.25) is 0 Å². The molecule has 2 aromatic rings. The number of aromatic amines is 1. The molecule has 0 bridgehead atoms. The van der Waals surface area contributed by atoms with Gasteiger partial charge < -0.3 is 0 Å². The number of aryl methyl sites for hydroxylation is 1. The van der Waals surface area contributed by atoms with E-state index < -0.39 is 0 Å². The van der Waals surface area contributed by atoms with Crippen molar-refractivity contribution in [3.63, 3.8) is 0 Å². The summed E-state index contributed by atoms with van der Waals surface area (Å²) in [6.07, 6.45) is 5.48. The van der Waals surface area contributed by atoms with Gasteiger partial charge in [0.15, 0.2) is 0 Å². The van der Waals surface area contributed by atoms with Gasteiger partial charge in [0, 0.05) is 33.7 Å². The first-order chi connectivity index (χ1) is 6.70. The molecular weight excluding hydrogens is 242 g/mol. The standard InChI is InChI=1S/C10H10BrN3/c1-6-8(3-12-5-10(6)11)9-4-13-14-7(9)2/h3-5H,1-2H3,(H,13,14). The molecule has 0 aliphatic heterocycles. The summed E-state index contributed by atoms with van der Waals surface area (Å²) in [5.74, 6) is 0. The third-order valence-electron chi connectivity index (χ3n) is 2.27. The van der Waals surface area contributed by atoms with E-state index >= 15 is 0 Å². The largest absolute Gasteiger partial charge is 0.282 e. The van der Waals surface area contributed by atoms with Crippen molar-refractivity contribution in [3.05, 3.63) is 34.3 Å². The van der Waals surface area contributed by atoms with Gasteiger partial charge in [-0.25, -0.2) is 0 Å². The van der Waals surface area contributed by atoms with E-state index in [0.29, 0.717) is 0 Å². The van der Waals surface area contributed by atoms with Gasteiger partial charge in [-0.05, 0) is 35.3 Å². The Balaban J connectivity index is 2.63. The van der Waals surface area contributed by atoms with E-state index in [1.54, 1.807) is 6.20 Å². The summed E-state index contributed by atoms with van der Waals surface area (Å²) in [5.41, 5.74) is 4.47. The number of hydrogen-bond donors (Lipinski definition) is 1. The molecule has 3 nitrogen and oxygen atoms in total. The zero-order chi connectivity index (χ0) is 10.1. The van der Waals surface area contributed by atoms with Gasteiger partial charge in [0.1, 0.15) is 0 Å². The van der Waals surface area contributed by atoms with Crippen LogP contribution in [-0.4, -0.2) is 15.2 Å². The molecule has 0 atom stereocenters. The number of hydrogen-bond acceptors (Lipinski definition) is 2. The molecule has 72 valence electrons.